The van der Waals surface area contributed by atoms with E-state index in [0.29, 0.717) is 6.42 Å². The third-order valence-corrected chi connectivity index (χ3v) is 2.34. The smallest absolute Gasteiger partial charge is 0.483 e. The molecule has 0 aromatic heterocycles. The average Bonchev–Trinajstić information content (AvgIpc) is 2.22. The van der Waals surface area contributed by atoms with Gasteiger partial charge in [0.05, 0.1) is 13.2 Å². The van der Waals surface area contributed by atoms with Crippen LogP contribution in [0.15, 0.2) is 0 Å². The zero-order valence-corrected chi connectivity index (χ0v) is 13.9. The second-order valence-corrected chi connectivity index (χ2v) is 5.31. The van der Waals surface area contributed by atoms with Crippen molar-refractivity contribution in [2.45, 2.75) is 19.3 Å². The summed E-state index contributed by atoms with van der Waals surface area (Å²) in [6, 6.07) is 0. The van der Waals surface area contributed by atoms with Gasteiger partial charge in [-0.2, -0.15) is 0 Å². The van der Waals surface area contributed by atoms with Gasteiger partial charge in [0.2, 0.25) is 12.2 Å². The number of carbonyl (C=O) groups excluding carboxylic acids is 2. The van der Waals surface area contributed by atoms with Crippen LogP contribution in [0.1, 0.15) is 19.3 Å². The first kappa shape index (κ1) is 27.3. The standard InChI is InChI=1S/C7H12F2N2O8S2.2Li/c8-20(14,15)10-6(12)18-4-2-1-3-5-19-7(13)11-21(9,16)17;;/h1-5H2,(H2,10,11,12,13);;/q;2*+1/p-2. The van der Waals surface area contributed by atoms with E-state index >= 15 is 0 Å². The van der Waals surface area contributed by atoms with E-state index in [2.05, 4.69) is 18.9 Å². The monoisotopic (exact) mass is 366 g/mol. The van der Waals surface area contributed by atoms with E-state index < -0.39 is 33.0 Å². The molecule has 0 atom stereocenters. The van der Waals surface area contributed by atoms with Gasteiger partial charge >= 0.3 is 37.7 Å². The molecule has 0 heterocycles. The third kappa shape index (κ3) is 21.5. The molecule has 10 nitrogen and oxygen atoms in total. The number of unbranched alkanes of at least 4 members (excludes halogenated alkanes) is 2. The van der Waals surface area contributed by atoms with Crippen molar-refractivity contribution in [3.63, 3.8) is 0 Å². The number of hydrogen-bond acceptors (Lipinski definition) is 8. The van der Waals surface area contributed by atoms with E-state index in [4.69, 9.17) is 0 Å². The average molecular weight is 366 g/mol. The Morgan fingerprint density at radius 1 is 0.739 bits per heavy atom. The first-order valence-electron chi connectivity index (χ1n) is 5.18. The molecule has 0 aromatic carbocycles. The largest absolute Gasteiger partial charge is 1.00 e. The molecule has 2 amide bonds. The van der Waals surface area contributed by atoms with Crippen LogP contribution in [0.5, 0.6) is 0 Å². The minimum atomic E-state index is -5.30. The topological polar surface area (TPSA) is 149 Å². The Balaban J connectivity index is -0.00000200. The molecule has 0 aromatic rings. The summed E-state index contributed by atoms with van der Waals surface area (Å²) >= 11 is 0. The SMILES string of the molecule is O=C([N-]S(=O)(=O)F)OCCCCCOC(=O)[N-]S(=O)(=O)F.[Li+].[Li+]. The van der Waals surface area contributed by atoms with Gasteiger partial charge in [-0.3, -0.25) is 9.59 Å². The number of nitrogens with zero attached hydrogens (tertiary/aromatic N) is 2. The van der Waals surface area contributed by atoms with Crippen LogP contribution in [0.3, 0.4) is 0 Å². The molecule has 0 N–H and O–H groups in total. The van der Waals surface area contributed by atoms with Crippen LogP contribution >= 0.6 is 0 Å². The molecule has 0 saturated carbocycles. The molecule has 0 bridgehead atoms. The Hall–Kier alpha value is -0.505. The van der Waals surface area contributed by atoms with Gasteiger partial charge in [-0.15, -0.1) is 7.77 Å². The Morgan fingerprint density at radius 3 is 1.30 bits per heavy atom. The minimum absolute atomic E-state index is 0. The van der Waals surface area contributed by atoms with Crippen LogP contribution in [0.2, 0.25) is 0 Å². The summed E-state index contributed by atoms with van der Waals surface area (Å²) < 4.78 is 76.0. The maximum atomic E-state index is 11.9. The van der Waals surface area contributed by atoms with E-state index in [0.717, 1.165) is 0 Å². The van der Waals surface area contributed by atoms with E-state index in [1.54, 1.807) is 0 Å². The Morgan fingerprint density at radius 2 is 1.04 bits per heavy atom. The molecule has 0 saturated heterocycles. The summed E-state index contributed by atoms with van der Waals surface area (Å²) in [7, 11) is -10.6. The van der Waals surface area contributed by atoms with Crippen LogP contribution in [-0.4, -0.2) is 42.2 Å². The molecule has 23 heavy (non-hydrogen) atoms. The molecule has 0 aliphatic carbocycles. The number of ether oxygens (including phenoxy) is 2. The van der Waals surface area contributed by atoms with Gasteiger partial charge in [0.25, 0.3) is 20.8 Å². The fourth-order valence-corrected chi connectivity index (χ4v) is 1.39. The Labute approximate surface area is 156 Å². The quantitative estimate of drug-likeness (QED) is 0.237. The van der Waals surface area contributed by atoms with Crippen molar-refractivity contribution in [3.8, 4) is 0 Å². The van der Waals surface area contributed by atoms with E-state index in [1.807, 2.05) is 0 Å². The summed E-state index contributed by atoms with van der Waals surface area (Å²) in [5.41, 5.74) is 0. The van der Waals surface area contributed by atoms with Crippen molar-refractivity contribution < 1.29 is 81.4 Å². The van der Waals surface area contributed by atoms with Crippen LogP contribution < -0.4 is 37.7 Å². The van der Waals surface area contributed by atoms with E-state index in [9.17, 15) is 34.2 Å². The molecule has 0 spiro atoms. The number of halogens is 2. The van der Waals surface area contributed by atoms with Gasteiger partial charge in [0, 0.05) is 0 Å². The van der Waals surface area contributed by atoms with Crippen LogP contribution in [-0.2, 0) is 30.3 Å². The van der Waals surface area contributed by atoms with E-state index in [1.165, 1.54) is 0 Å². The van der Waals surface area contributed by atoms with Crippen molar-refractivity contribution in [1.29, 1.82) is 0 Å². The predicted molar refractivity (Wildman–Crippen MR) is 63.3 cm³/mol. The van der Waals surface area contributed by atoms with Gasteiger partial charge in [-0.05, 0) is 19.3 Å². The molecule has 0 unspecified atom stereocenters. The van der Waals surface area contributed by atoms with Crippen LogP contribution in [0, 0.1) is 0 Å². The van der Waals surface area contributed by atoms with E-state index in [-0.39, 0.29) is 63.8 Å². The normalized spacial score (nSPS) is 10.5. The summed E-state index contributed by atoms with van der Waals surface area (Å²) in [6.45, 7) is -0.510. The summed E-state index contributed by atoms with van der Waals surface area (Å²) in [5.74, 6) is 0. The Kier molecular flexibility index (Phi) is 15.3. The van der Waals surface area contributed by atoms with Gasteiger partial charge in [-0.1, -0.05) is 0 Å². The fourth-order valence-electron chi connectivity index (χ4n) is 0.931. The zero-order chi connectivity index (χ0) is 16.5. The van der Waals surface area contributed by atoms with Crippen molar-refractivity contribution in [2.24, 2.45) is 0 Å². The molecule has 16 heteroatoms. The van der Waals surface area contributed by atoms with Crippen molar-refractivity contribution in [2.75, 3.05) is 13.2 Å². The molecule has 0 rings (SSSR count). The summed E-state index contributed by atoms with van der Waals surface area (Å²) in [4.78, 5) is 21.2. The number of amides is 2. The molecular formula is C7H10F2Li2N2O8S2. The Bertz CT molecular complexity index is 521. The molecule has 124 valence electrons. The molecule has 0 radical (unpaired) electrons. The maximum absolute atomic E-state index is 11.9. The number of hydrogen-bond donors (Lipinski definition) is 0. The van der Waals surface area contributed by atoms with Crippen LogP contribution in [0.4, 0.5) is 17.4 Å². The maximum Gasteiger partial charge on any atom is 1.00 e. The first-order chi connectivity index (χ1) is 9.49. The second kappa shape index (κ2) is 12.9. The summed E-state index contributed by atoms with van der Waals surface area (Å²) in [5, 5.41) is 0. The third-order valence-electron chi connectivity index (χ3n) is 1.61. The second-order valence-electron chi connectivity index (χ2n) is 3.30. The molecule has 0 fully saturated rings. The summed E-state index contributed by atoms with van der Waals surface area (Å²) in [6.07, 6.45) is -2.45. The van der Waals surface area contributed by atoms with Crippen molar-refractivity contribution in [3.05, 3.63) is 9.44 Å². The van der Waals surface area contributed by atoms with Crippen molar-refractivity contribution >= 4 is 33.0 Å². The fraction of sp³-hybridized carbons (Fsp3) is 0.714. The van der Waals surface area contributed by atoms with Gasteiger partial charge in [-0.25, -0.2) is 16.8 Å². The molecule has 0 aliphatic rings. The number of carbonyl (C=O) groups is 2. The number of rotatable bonds is 8. The molecular weight excluding hydrogens is 356 g/mol. The zero-order valence-electron chi connectivity index (χ0n) is 12.3. The first-order valence-corrected chi connectivity index (χ1v) is 7.86. The molecule has 0 aliphatic heterocycles. The van der Waals surface area contributed by atoms with Gasteiger partial charge < -0.3 is 18.9 Å². The van der Waals surface area contributed by atoms with Crippen molar-refractivity contribution in [1.82, 2.24) is 0 Å². The minimum Gasteiger partial charge on any atom is -0.483 e. The van der Waals surface area contributed by atoms with Gasteiger partial charge in [0.1, 0.15) is 0 Å². The van der Waals surface area contributed by atoms with Gasteiger partial charge in [0.15, 0.2) is 0 Å². The predicted octanol–water partition coefficient (Wildman–Crippen LogP) is -4.39. The van der Waals surface area contributed by atoms with Crippen LogP contribution in [0.25, 0.3) is 9.44 Å².